The topological polar surface area (TPSA) is 20.2 Å². The minimum absolute atomic E-state index is 1.12. The van der Waals surface area contributed by atoms with E-state index in [0.717, 1.165) is 0 Å². The van der Waals surface area contributed by atoms with Gasteiger partial charge >= 0.3 is 0 Å². The molecule has 0 aliphatic carbocycles. The quantitative estimate of drug-likeness (QED) is 0.583. The van der Waals surface area contributed by atoms with Crippen LogP contribution in [0.15, 0.2) is 0 Å². The van der Waals surface area contributed by atoms with Crippen LogP contribution in [0.3, 0.4) is 0 Å². The molecule has 0 bridgehead atoms. The molecule has 50 valence electrons. The predicted octanol–water partition coefficient (Wildman–Crippen LogP) is 1.06. The lowest BCUT2D eigenvalue weighted by atomic mass is 10.1. The Labute approximate surface area is 47.3 Å². The number of hydrogen-bond donors (Lipinski definition) is 1. The maximum absolute atomic E-state index is 12.0. The molecule has 0 radical (unpaired) electrons. The Hall–Kier alpha value is -0.180. The van der Waals surface area contributed by atoms with Crippen molar-refractivity contribution in [2.24, 2.45) is 0 Å². The average molecular weight is 124 g/mol. The molecule has 0 aromatic heterocycles. The van der Waals surface area contributed by atoms with Crippen LogP contribution >= 0.6 is 0 Å². The summed E-state index contributed by atoms with van der Waals surface area (Å²) in [7, 11) is 0. The van der Waals surface area contributed by atoms with Gasteiger partial charge in [-0.05, 0) is 13.8 Å². The summed E-state index contributed by atoms with van der Waals surface area (Å²) in [6, 6.07) is 0. The van der Waals surface area contributed by atoms with Crippen molar-refractivity contribution in [2.75, 3.05) is 6.67 Å². The van der Waals surface area contributed by atoms with E-state index in [4.69, 9.17) is 5.11 Å². The van der Waals surface area contributed by atoms with E-state index in [2.05, 4.69) is 0 Å². The summed E-state index contributed by atoms with van der Waals surface area (Å²) < 4.78 is 23.4. The van der Waals surface area contributed by atoms with Gasteiger partial charge in [0.15, 0.2) is 6.17 Å². The largest absolute Gasteiger partial charge is 0.387 e. The molecule has 0 aromatic rings. The van der Waals surface area contributed by atoms with Crippen LogP contribution in [-0.2, 0) is 0 Å². The van der Waals surface area contributed by atoms with E-state index in [1.165, 1.54) is 13.8 Å². The third kappa shape index (κ3) is 2.21. The van der Waals surface area contributed by atoms with Gasteiger partial charge in [0.25, 0.3) is 0 Å². The van der Waals surface area contributed by atoms with E-state index in [1.54, 1.807) is 0 Å². The van der Waals surface area contributed by atoms with E-state index < -0.39 is 18.4 Å². The Balaban J connectivity index is 3.62. The summed E-state index contributed by atoms with van der Waals surface area (Å²) in [5.41, 5.74) is -1.53. The predicted molar refractivity (Wildman–Crippen MR) is 27.2 cm³/mol. The monoisotopic (exact) mass is 124 g/mol. The second kappa shape index (κ2) is 2.40. The smallest absolute Gasteiger partial charge is 0.156 e. The highest BCUT2D eigenvalue weighted by Gasteiger charge is 2.25. The van der Waals surface area contributed by atoms with Gasteiger partial charge in [-0.1, -0.05) is 0 Å². The molecule has 1 atom stereocenters. The van der Waals surface area contributed by atoms with Crippen LogP contribution in [0.1, 0.15) is 13.8 Å². The van der Waals surface area contributed by atoms with Crippen LogP contribution in [-0.4, -0.2) is 23.6 Å². The lowest BCUT2D eigenvalue weighted by Gasteiger charge is -2.18. The van der Waals surface area contributed by atoms with Crippen molar-refractivity contribution in [3.05, 3.63) is 0 Å². The minimum atomic E-state index is -1.76. The first kappa shape index (κ1) is 7.82. The first-order valence-corrected chi connectivity index (χ1v) is 2.41. The normalized spacial score (nSPS) is 16.1. The molecule has 3 heteroatoms. The standard InChI is InChI=1S/C5H10F2O/c1-5(2,8)4(7)3-6/h4,8H,3H2,1-2H3. The molecule has 0 fully saturated rings. The molecule has 1 N–H and O–H groups in total. The Bertz CT molecular complexity index is 67.3. The van der Waals surface area contributed by atoms with Crippen LogP contribution in [0.25, 0.3) is 0 Å². The van der Waals surface area contributed by atoms with Gasteiger partial charge in [-0.25, -0.2) is 8.78 Å². The highest BCUT2D eigenvalue weighted by molar-refractivity contribution is 4.75. The van der Waals surface area contributed by atoms with E-state index in [0.29, 0.717) is 0 Å². The van der Waals surface area contributed by atoms with Crippen molar-refractivity contribution in [3.63, 3.8) is 0 Å². The Morgan fingerprint density at radius 1 is 1.62 bits per heavy atom. The Kier molecular flexibility index (Phi) is 2.34. The molecule has 0 saturated carbocycles. The van der Waals surface area contributed by atoms with Crippen molar-refractivity contribution in [1.29, 1.82) is 0 Å². The molecule has 0 saturated heterocycles. The SMILES string of the molecule is CC(C)(O)C(F)CF. The highest BCUT2D eigenvalue weighted by Crippen LogP contribution is 2.11. The number of aliphatic hydroxyl groups is 1. The first-order valence-electron chi connectivity index (χ1n) is 2.41. The average Bonchev–Trinajstić information content (AvgIpc) is 1.62. The molecule has 0 aliphatic heterocycles. The zero-order valence-corrected chi connectivity index (χ0v) is 4.99. The fourth-order valence-electron chi connectivity index (χ4n) is 0.189. The molecule has 0 spiro atoms. The molecule has 1 unspecified atom stereocenters. The van der Waals surface area contributed by atoms with Crippen LogP contribution in [0.4, 0.5) is 8.78 Å². The first-order chi connectivity index (χ1) is 3.48. The van der Waals surface area contributed by atoms with Crippen molar-refractivity contribution < 1.29 is 13.9 Å². The molecular formula is C5H10F2O. The summed E-state index contributed by atoms with van der Waals surface area (Å²) in [4.78, 5) is 0. The summed E-state index contributed by atoms with van der Waals surface area (Å²) in [6.07, 6.45) is -1.76. The Morgan fingerprint density at radius 3 is 2.00 bits per heavy atom. The third-order valence-corrected chi connectivity index (χ3v) is 0.902. The van der Waals surface area contributed by atoms with E-state index in [9.17, 15) is 8.78 Å². The minimum Gasteiger partial charge on any atom is -0.387 e. The summed E-state index contributed by atoms with van der Waals surface area (Å²) in [6.45, 7) is 1.35. The molecule has 0 aliphatic rings. The molecule has 0 amide bonds. The lowest BCUT2D eigenvalue weighted by Crippen LogP contribution is -2.33. The molecular weight excluding hydrogens is 114 g/mol. The fraction of sp³-hybridized carbons (Fsp3) is 1.00. The van der Waals surface area contributed by atoms with Gasteiger partial charge in [-0.3, -0.25) is 0 Å². The van der Waals surface area contributed by atoms with Crippen molar-refractivity contribution in [1.82, 2.24) is 0 Å². The van der Waals surface area contributed by atoms with Gasteiger partial charge < -0.3 is 5.11 Å². The maximum atomic E-state index is 12.0. The number of halogens is 2. The second-order valence-corrected chi connectivity index (χ2v) is 2.28. The number of hydrogen-bond acceptors (Lipinski definition) is 1. The summed E-state index contributed by atoms with van der Waals surface area (Å²) >= 11 is 0. The van der Waals surface area contributed by atoms with E-state index in [-0.39, 0.29) is 0 Å². The third-order valence-electron chi connectivity index (χ3n) is 0.902. The van der Waals surface area contributed by atoms with Crippen molar-refractivity contribution >= 4 is 0 Å². The molecule has 1 nitrogen and oxygen atoms in total. The second-order valence-electron chi connectivity index (χ2n) is 2.28. The molecule has 0 rings (SSSR count). The van der Waals surface area contributed by atoms with Gasteiger partial charge in [0.05, 0.1) is 5.60 Å². The highest BCUT2D eigenvalue weighted by atomic mass is 19.2. The van der Waals surface area contributed by atoms with Crippen molar-refractivity contribution in [2.45, 2.75) is 25.6 Å². The summed E-state index contributed by atoms with van der Waals surface area (Å²) in [5, 5.41) is 8.67. The molecule has 0 aromatic carbocycles. The van der Waals surface area contributed by atoms with Gasteiger partial charge in [0, 0.05) is 0 Å². The van der Waals surface area contributed by atoms with Crippen LogP contribution in [0, 0.1) is 0 Å². The van der Waals surface area contributed by atoms with E-state index >= 15 is 0 Å². The van der Waals surface area contributed by atoms with Crippen LogP contribution in [0.2, 0.25) is 0 Å². The van der Waals surface area contributed by atoms with E-state index in [1.807, 2.05) is 0 Å². The molecule has 0 heterocycles. The number of rotatable bonds is 2. The maximum Gasteiger partial charge on any atom is 0.156 e. The van der Waals surface area contributed by atoms with Gasteiger partial charge in [-0.2, -0.15) is 0 Å². The van der Waals surface area contributed by atoms with Gasteiger partial charge in [0.2, 0.25) is 0 Å². The zero-order chi connectivity index (χ0) is 6.78. The van der Waals surface area contributed by atoms with Gasteiger partial charge in [-0.15, -0.1) is 0 Å². The van der Waals surface area contributed by atoms with Gasteiger partial charge in [0.1, 0.15) is 6.67 Å². The van der Waals surface area contributed by atoms with Crippen molar-refractivity contribution in [3.8, 4) is 0 Å². The lowest BCUT2D eigenvalue weighted by molar-refractivity contribution is -0.0130. The molecule has 8 heavy (non-hydrogen) atoms. The number of alkyl halides is 2. The fourth-order valence-corrected chi connectivity index (χ4v) is 0.189. The Morgan fingerprint density at radius 2 is 2.00 bits per heavy atom. The summed E-state index contributed by atoms with van der Waals surface area (Å²) in [5.74, 6) is 0. The van der Waals surface area contributed by atoms with Crippen LogP contribution in [0.5, 0.6) is 0 Å². The van der Waals surface area contributed by atoms with Crippen LogP contribution < -0.4 is 0 Å². The zero-order valence-electron chi connectivity index (χ0n) is 4.99.